The van der Waals surface area contributed by atoms with Crippen LogP contribution in [0.25, 0.3) is 0 Å². The zero-order valence-corrected chi connectivity index (χ0v) is 10.4. The van der Waals surface area contributed by atoms with Gasteiger partial charge in [0.1, 0.15) is 0 Å². The Morgan fingerprint density at radius 3 is 2.61 bits per heavy atom. The molecule has 18 heavy (non-hydrogen) atoms. The van der Waals surface area contributed by atoms with Crippen molar-refractivity contribution in [3.8, 4) is 11.6 Å². The van der Waals surface area contributed by atoms with Gasteiger partial charge >= 0.3 is 0 Å². The zero-order chi connectivity index (χ0) is 13.0. The average molecular weight is 245 g/mol. The number of aryl methyl sites for hydroxylation is 2. The summed E-state index contributed by atoms with van der Waals surface area (Å²) in [6.07, 6.45) is 0.791. The maximum absolute atomic E-state index is 8.88. The van der Waals surface area contributed by atoms with Gasteiger partial charge in [0.05, 0.1) is 18.0 Å². The molecule has 2 rings (SSSR count). The van der Waals surface area contributed by atoms with Gasteiger partial charge in [0, 0.05) is 11.8 Å². The van der Waals surface area contributed by atoms with Gasteiger partial charge in [-0.1, -0.05) is 6.92 Å². The van der Waals surface area contributed by atoms with Gasteiger partial charge in [0.2, 0.25) is 5.88 Å². The second-order valence-corrected chi connectivity index (χ2v) is 3.87. The average Bonchev–Trinajstić information content (AvgIpc) is 2.41. The van der Waals surface area contributed by atoms with Crippen LogP contribution in [-0.2, 0) is 13.0 Å². The van der Waals surface area contributed by atoms with Crippen LogP contribution in [0.3, 0.4) is 0 Å². The molecule has 0 aliphatic heterocycles. The van der Waals surface area contributed by atoms with Crippen molar-refractivity contribution in [2.75, 3.05) is 0 Å². The van der Waals surface area contributed by atoms with Crippen molar-refractivity contribution in [3.05, 3.63) is 41.3 Å². The molecular formula is C13H15N3O2. The molecule has 2 aromatic rings. The molecule has 0 radical (unpaired) electrons. The molecule has 5 heteroatoms. The highest BCUT2D eigenvalue weighted by atomic mass is 16.5. The number of aliphatic hydroxyl groups excluding tert-OH is 1. The predicted molar refractivity (Wildman–Crippen MR) is 66.4 cm³/mol. The molecule has 2 heterocycles. The van der Waals surface area contributed by atoms with Crippen molar-refractivity contribution >= 4 is 0 Å². The van der Waals surface area contributed by atoms with Gasteiger partial charge in [0.15, 0.2) is 5.75 Å². The summed E-state index contributed by atoms with van der Waals surface area (Å²) in [5.74, 6) is 1.08. The molecule has 0 aliphatic carbocycles. The summed E-state index contributed by atoms with van der Waals surface area (Å²) >= 11 is 0. The van der Waals surface area contributed by atoms with E-state index in [1.807, 2.05) is 26.0 Å². The second kappa shape index (κ2) is 5.55. The minimum absolute atomic E-state index is 0.125. The number of aliphatic hydroxyl groups is 1. The number of ether oxygens (including phenoxy) is 1. The van der Waals surface area contributed by atoms with E-state index < -0.39 is 0 Å². The number of hydrogen-bond acceptors (Lipinski definition) is 5. The Labute approximate surface area is 105 Å². The maximum Gasteiger partial charge on any atom is 0.238 e. The normalized spacial score (nSPS) is 10.4. The summed E-state index contributed by atoms with van der Waals surface area (Å²) in [4.78, 5) is 4.41. The van der Waals surface area contributed by atoms with Crippen LogP contribution in [-0.4, -0.2) is 20.3 Å². The number of pyridine rings is 1. The molecular weight excluding hydrogens is 230 g/mol. The summed E-state index contributed by atoms with van der Waals surface area (Å²) in [6, 6.07) is 7.13. The molecule has 2 aromatic heterocycles. The lowest BCUT2D eigenvalue weighted by atomic mass is 10.2. The van der Waals surface area contributed by atoms with Gasteiger partial charge < -0.3 is 9.84 Å². The van der Waals surface area contributed by atoms with Crippen LogP contribution in [0.4, 0.5) is 0 Å². The van der Waals surface area contributed by atoms with E-state index in [1.54, 1.807) is 12.1 Å². The van der Waals surface area contributed by atoms with Crippen LogP contribution in [0, 0.1) is 6.92 Å². The van der Waals surface area contributed by atoms with Gasteiger partial charge in [-0.05, 0) is 31.5 Å². The van der Waals surface area contributed by atoms with E-state index >= 15 is 0 Å². The van der Waals surface area contributed by atoms with Gasteiger partial charge in [-0.15, -0.1) is 10.2 Å². The van der Waals surface area contributed by atoms with Crippen LogP contribution in [0.5, 0.6) is 11.6 Å². The van der Waals surface area contributed by atoms with Crippen LogP contribution >= 0.6 is 0 Å². The number of hydrogen-bond donors (Lipinski definition) is 1. The number of rotatable bonds is 4. The first kappa shape index (κ1) is 12.4. The highest BCUT2D eigenvalue weighted by molar-refractivity contribution is 5.32. The second-order valence-electron chi connectivity index (χ2n) is 3.87. The van der Waals surface area contributed by atoms with Crippen LogP contribution in [0.1, 0.15) is 24.0 Å². The van der Waals surface area contributed by atoms with Crippen LogP contribution in [0.15, 0.2) is 24.3 Å². The lowest BCUT2D eigenvalue weighted by Crippen LogP contribution is -1.99. The van der Waals surface area contributed by atoms with Gasteiger partial charge in [0.25, 0.3) is 0 Å². The lowest BCUT2D eigenvalue weighted by Gasteiger charge is -2.08. The van der Waals surface area contributed by atoms with Gasteiger partial charge in [-0.2, -0.15) is 0 Å². The topological polar surface area (TPSA) is 68.1 Å². The Morgan fingerprint density at radius 1 is 1.17 bits per heavy atom. The lowest BCUT2D eigenvalue weighted by molar-refractivity contribution is 0.274. The van der Waals surface area contributed by atoms with E-state index in [1.165, 1.54) is 0 Å². The van der Waals surface area contributed by atoms with Crippen molar-refractivity contribution in [2.24, 2.45) is 0 Å². The van der Waals surface area contributed by atoms with E-state index in [4.69, 9.17) is 9.84 Å². The standard InChI is InChI=1S/C13H15N3O2/c1-3-11-12(6-4-9(2)14-11)18-13-7-5-10(8-17)15-16-13/h4-7,17H,3,8H2,1-2H3. The molecule has 0 aliphatic rings. The van der Waals surface area contributed by atoms with E-state index in [-0.39, 0.29) is 6.61 Å². The van der Waals surface area contributed by atoms with Crippen LogP contribution in [0.2, 0.25) is 0 Å². The molecule has 0 aromatic carbocycles. The summed E-state index contributed by atoms with van der Waals surface area (Å²) in [5.41, 5.74) is 2.36. The molecule has 0 saturated carbocycles. The minimum atomic E-state index is -0.125. The molecule has 94 valence electrons. The van der Waals surface area contributed by atoms with Crippen molar-refractivity contribution in [3.63, 3.8) is 0 Å². The van der Waals surface area contributed by atoms with Crippen LogP contribution < -0.4 is 4.74 Å². The largest absolute Gasteiger partial charge is 0.436 e. The predicted octanol–water partition coefficient (Wildman–Crippen LogP) is 2.03. The Morgan fingerprint density at radius 2 is 2.00 bits per heavy atom. The number of aromatic nitrogens is 3. The van der Waals surface area contributed by atoms with Gasteiger partial charge in [-0.25, -0.2) is 0 Å². The Kier molecular flexibility index (Phi) is 3.84. The molecule has 0 unspecified atom stereocenters. The van der Waals surface area contributed by atoms with Crippen molar-refractivity contribution in [1.82, 2.24) is 15.2 Å². The SMILES string of the molecule is CCc1nc(C)ccc1Oc1ccc(CO)nn1. The van der Waals surface area contributed by atoms with E-state index in [9.17, 15) is 0 Å². The third-order valence-corrected chi connectivity index (χ3v) is 2.48. The highest BCUT2D eigenvalue weighted by Crippen LogP contribution is 2.23. The zero-order valence-electron chi connectivity index (χ0n) is 10.4. The molecule has 5 nitrogen and oxygen atoms in total. The molecule has 0 atom stereocenters. The van der Waals surface area contributed by atoms with Crippen molar-refractivity contribution in [1.29, 1.82) is 0 Å². The fourth-order valence-corrected chi connectivity index (χ4v) is 1.54. The summed E-state index contributed by atoms with van der Waals surface area (Å²) in [6.45, 7) is 3.84. The summed E-state index contributed by atoms with van der Waals surface area (Å²) in [7, 11) is 0. The fraction of sp³-hybridized carbons (Fsp3) is 0.308. The molecule has 1 N–H and O–H groups in total. The van der Waals surface area contributed by atoms with E-state index in [0.717, 1.165) is 17.8 Å². The first-order chi connectivity index (χ1) is 8.72. The molecule has 0 amide bonds. The number of nitrogens with zero attached hydrogens (tertiary/aromatic N) is 3. The van der Waals surface area contributed by atoms with Gasteiger partial charge in [-0.3, -0.25) is 4.98 Å². The Bertz CT molecular complexity index is 526. The quantitative estimate of drug-likeness (QED) is 0.892. The first-order valence-electron chi connectivity index (χ1n) is 5.80. The Balaban J connectivity index is 2.22. The molecule has 0 spiro atoms. The summed E-state index contributed by atoms with van der Waals surface area (Å²) < 4.78 is 5.64. The molecule has 0 bridgehead atoms. The fourth-order valence-electron chi connectivity index (χ4n) is 1.54. The maximum atomic E-state index is 8.88. The van der Waals surface area contributed by atoms with Crippen molar-refractivity contribution < 1.29 is 9.84 Å². The highest BCUT2D eigenvalue weighted by Gasteiger charge is 2.06. The first-order valence-corrected chi connectivity index (χ1v) is 5.80. The molecule has 0 saturated heterocycles. The van der Waals surface area contributed by atoms with E-state index in [0.29, 0.717) is 17.3 Å². The van der Waals surface area contributed by atoms with Crippen molar-refractivity contribution in [2.45, 2.75) is 26.9 Å². The smallest absolute Gasteiger partial charge is 0.238 e. The minimum Gasteiger partial charge on any atom is -0.436 e. The third kappa shape index (κ3) is 2.81. The monoisotopic (exact) mass is 245 g/mol. The Hall–Kier alpha value is -2.01. The summed E-state index contributed by atoms with van der Waals surface area (Å²) in [5, 5.41) is 16.6. The van der Waals surface area contributed by atoms with E-state index in [2.05, 4.69) is 15.2 Å². The third-order valence-electron chi connectivity index (χ3n) is 2.48. The molecule has 0 fully saturated rings.